The minimum Gasteiger partial charge on any atom is -0.481 e. The summed E-state index contributed by atoms with van der Waals surface area (Å²) in [5, 5.41) is 6.09. The van der Waals surface area contributed by atoms with Crippen LogP contribution in [0.4, 0.5) is 5.69 Å². The molecule has 1 saturated heterocycles. The first kappa shape index (κ1) is 14.7. The van der Waals surface area contributed by atoms with Gasteiger partial charge >= 0.3 is 0 Å². The van der Waals surface area contributed by atoms with Crippen LogP contribution in [-0.4, -0.2) is 44.7 Å². The Morgan fingerprint density at radius 1 is 1.35 bits per heavy atom. The third kappa shape index (κ3) is 3.87. The van der Waals surface area contributed by atoms with Gasteiger partial charge < -0.3 is 20.3 Å². The number of anilines is 1. The number of hydrogen-bond donors (Lipinski definition) is 2. The van der Waals surface area contributed by atoms with Crippen LogP contribution < -0.4 is 20.3 Å². The van der Waals surface area contributed by atoms with E-state index in [1.165, 1.54) is 5.69 Å². The number of ether oxygens (including phenoxy) is 1. The molecule has 5 nitrogen and oxygen atoms in total. The Labute approximate surface area is 120 Å². The molecule has 0 spiro atoms. The molecule has 0 bridgehead atoms. The molecule has 1 aliphatic heterocycles. The Morgan fingerprint density at radius 3 is 2.60 bits per heavy atom. The van der Waals surface area contributed by atoms with Gasteiger partial charge in [0.05, 0.1) is 0 Å². The number of rotatable bonds is 5. The molecule has 2 rings (SSSR count). The van der Waals surface area contributed by atoms with Crippen molar-refractivity contribution >= 4 is 11.6 Å². The Hall–Kier alpha value is -1.75. The van der Waals surface area contributed by atoms with Gasteiger partial charge in [-0.05, 0) is 38.1 Å². The molecule has 1 atom stereocenters. The van der Waals surface area contributed by atoms with E-state index >= 15 is 0 Å². The monoisotopic (exact) mass is 277 g/mol. The van der Waals surface area contributed by atoms with Crippen molar-refractivity contribution < 1.29 is 9.53 Å². The van der Waals surface area contributed by atoms with E-state index in [1.54, 1.807) is 6.92 Å². The van der Waals surface area contributed by atoms with E-state index in [1.807, 2.05) is 31.2 Å². The first-order valence-electron chi connectivity index (χ1n) is 7.21. The van der Waals surface area contributed by atoms with Crippen molar-refractivity contribution in [1.82, 2.24) is 10.6 Å². The van der Waals surface area contributed by atoms with Crippen molar-refractivity contribution in [3.8, 4) is 5.75 Å². The summed E-state index contributed by atoms with van der Waals surface area (Å²) in [6.07, 6.45) is -0.472. The summed E-state index contributed by atoms with van der Waals surface area (Å²) in [7, 11) is 0. The second-order valence-corrected chi connectivity index (χ2v) is 4.89. The number of carbonyl (C=O) groups is 1. The van der Waals surface area contributed by atoms with Gasteiger partial charge in [-0.3, -0.25) is 4.79 Å². The van der Waals surface area contributed by atoms with Gasteiger partial charge in [0.15, 0.2) is 6.10 Å². The molecule has 110 valence electrons. The molecular weight excluding hydrogens is 254 g/mol. The smallest absolute Gasteiger partial charge is 0.260 e. The van der Waals surface area contributed by atoms with E-state index < -0.39 is 6.10 Å². The van der Waals surface area contributed by atoms with Crippen molar-refractivity contribution in [2.75, 3.05) is 37.6 Å². The van der Waals surface area contributed by atoms with Crippen LogP contribution in [0.1, 0.15) is 13.8 Å². The second kappa shape index (κ2) is 7.14. The number of hydrogen-bond acceptors (Lipinski definition) is 4. The summed E-state index contributed by atoms with van der Waals surface area (Å²) in [4.78, 5) is 14.0. The molecule has 0 radical (unpaired) electrons. The number of piperazine rings is 1. The highest BCUT2D eigenvalue weighted by Gasteiger charge is 2.14. The highest BCUT2D eigenvalue weighted by molar-refractivity contribution is 5.80. The van der Waals surface area contributed by atoms with E-state index in [2.05, 4.69) is 15.5 Å². The number of likely N-dealkylation sites (N-methyl/N-ethyl adjacent to an activating group) is 1. The largest absolute Gasteiger partial charge is 0.481 e. The minimum atomic E-state index is -0.472. The Balaban J connectivity index is 1.92. The summed E-state index contributed by atoms with van der Waals surface area (Å²) in [6.45, 7) is 8.36. The van der Waals surface area contributed by atoms with Crippen LogP contribution in [-0.2, 0) is 4.79 Å². The lowest BCUT2D eigenvalue weighted by molar-refractivity contribution is -0.127. The Kier molecular flexibility index (Phi) is 5.24. The molecule has 0 aliphatic carbocycles. The standard InChI is InChI=1S/C15H23N3O2/c1-3-17-15(19)12(2)20-14-6-4-13(5-7-14)18-10-8-16-9-11-18/h4-7,12,16H,3,8-11H2,1-2H3,(H,17,19). The first-order chi connectivity index (χ1) is 9.70. The lowest BCUT2D eigenvalue weighted by Gasteiger charge is -2.29. The van der Waals surface area contributed by atoms with Crippen molar-refractivity contribution in [2.24, 2.45) is 0 Å². The first-order valence-corrected chi connectivity index (χ1v) is 7.21. The third-order valence-electron chi connectivity index (χ3n) is 3.35. The van der Waals surface area contributed by atoms with Crippen LogP contribution in [0.2, 0.25) is 0 Å². The van der Waals surface area contributed by atoms with Gasteiger partial charge in [0.1, 0.15) is 5.75 Å². The fraction of sp³-hybridized carbons (Fsp3) is 0.533. The van der Waals surface area contributed by atoms with E-state index in [9.17, 15) is 4.79 Å². The highest BCUT2D eigenvalue weighted by atomic mass is 16.5. The molecule has 1 heterocycles. The van der Waals surface area contributed by atoms with Crippen molar-refractivity contribution in [1.29, 1.82) is 0 Å². The Morgan fingerprint density at radius 2 is 2.00 bits per heavy atom. The van der Waals surface area contributed by atoms with Crippen LogP contribution in [0, 0.1) is 0 Å². The minimum absolute atomic E-state index is 0.0846. The average Bonchev–Trinajstić information content (AvgIpc) is 2.49. The number of benzene rings is 1. The molecule has 5 heteroatoms. The number of amides is 1. The maximum absolute atomic E-state index is 11.6. The second-order valence-electron chi connectivity index (χ2n) is 4.89. The molecule has 20 heavy (non-hydrogen) atoms. The summed E-state index contributed by atoms with van der Waals surface area (Å²) in [5.74, 6) is 0.640. The molecule has 1 fully saturated rings. The van der Waals surface area contributed by atoms with Crippen LogP contribution >= 0.6 is 0 Å². The lowest BCUT2D eigenvalue weighted by atomic mass is 10.2. The maximum atomic E-state index is 11.6. The predicted octanol–water partition coefficient (Wildman–Crippen LogP) is 1.000. The molecular formula is C15H23N3O2. The zero-order valence-electron chi connectivity index (χ0n) is 12.2. The van der Waals surface area contributed by atoms with Gasteiger partial charge in [-0.25, -0.2) is 0 Å². The predicted molar refractivity (Wildman–Crippen MR) is 80.3 cm³/mol. The molecule has 2 N–H and O–H groups in total. The van der Waals surface area contributed by atoms with E-state index in [0.717, 1.165) is 31.9 Å². The summed E-state index contributed by atoms with van der Waals surface area (Å²) < 4.78 is 5.63. The van der Waals surface area contributed by atoms with Crippen LogP contribution in [0.25, 0.3) is 0 Å². The van der Waals surface area contributed by atoms with Crippen molar-refractivity contribution in [2.45, 2.75) is 20.0 Å². The molecule has 1 unspecified atom stereocenters. The highest BCUT2D eigenvalue weighted by Crippen LogP contribution is 2.20. The van der Waals surface area contributed by atoms with Crippen LogP contribution in [0.3, 0.4) is 0 Å². The summed E-state index contributed by atoms with van der Waals surface area (Å²) >= 11 is 0. The van der Waals surface area contributed by atoms with E-state index in [4.69, 9.17) is 4.74 Å². The van der Waals surface area contributed by atoms with E-state index in [0.29, 0.717) is 6.54 Å². The van der Waals surface area contributed by atoms with Gasteiger partial charge in [0.2, 0.25) is 0 Å². The van der Waals surface area contributed by atoms with Crippen molar-refractivity contribution in [3.63, 3.8) is 0 Å². The van der Waals surface area contributed by atoms with Crippen LogP contribution in [0.15, 0.2) is 24.3 Å². The van der Waals surface area contributed by atoms with Gasteiger partial charge in [-0.1, -0.05) is 0 Å². The molecule has 1 aliphatic rings. The topological polar surface area (TPSA) is 53.6 Å². The molecule has 0 aromatic heterocycles. The van der Waals surface area contributed by atoms with Gasteiger partial charge in [-0.15, -0.1) is 0 Å². The zero-order valence-corrected chi connectivity index (χ0v) is 12.2. The third-order valence-corrected chi connectivity index (χ3v) is 3.35. The quantitative estimate of drug-likeness (QED) is 0.843. The summed E-state index contributed by atoms with van der Waals surface area (Å²) in [6, 6.07) is 7.94. The summed E-state index contributed by atoms with van der Waals surface area (Å²) in [5.41, 5.74) is 1.20. The molecule has 0 saturated carbocycles. The van der Waals surface area contributed by atoms with Gasteiger partial charge in [-0.2, -0.15) is 0 Å². The zero-order chi connectivity index (χ0) is 14.4. The number of carbonyl (C=O) groups excluding carboxylic acids is 1. The maximum Gasteiger partial charge on any atom is 0.260 e. The van der Waals surface area contributed by atoms with Crippen LogP contribution in [0.5, 0.6) is 5.75 Å². The van der Waals surface area contributed by atoms with Crippen molar-refractivity contribution in [3.05, 3.63) is 24.3 Å². The number of nitrogens with zero attached hydrogens (tertiary/aromatic N) is 1. The van der Waals surface area contributed by atoms with E-state index in [-0.39, 0.29) is 5.91 Å². The fourth-order valence-corrected chi connectivity index (χ4v) is 2.23. The van der Waals surface area contributed by atoms with Gasteiger partial charge in [0, 0.05) is 38.4 Å². The molecule has 1 aromatic rings. The lowest BCUT2D eigenvalue weighted by Crippen LogP contribution is -2.43. The fourth-order valence-electron chi connectivity index (χ4n) is 2.23. The normalized spacial score (nSPS) is 16.6. The molecule has 1 aromatic carbocycles. The SMILES string of the molecule is CCNC(=O)C(C)Oc1ccc(N2CCNCC2)cc1. The molecule has 1 amide bonds. The van der Waals surface area contributed by atoms with Gasteiger partial charge in [0.25, 0.3) is 5.91 Å². The Bertz CT molecular complexity index is 427. The average molecular weight is 277 g/mol. The number of nitrogens with one attached hydrogen (secondary N) is 2.